The van der Waals surface area contributed by atoms with E-state index in [0.717, 1.165) is 62.3 Å². The molecule has 1 fully saturated rings. The Morgan fingerprint density at radius 1 is 1.19 bits per heavy atom. The molecular weight excluding hydrogens is 392 g/mol. The van der Waals surface area contributed by atoms with Crippen LogP contribution in [0.5, 0.6) is 11.5 Å². The number of ether oxygens (including phenoxy) is 2. The van der Waals surface area contributed by atoms with Gasteiger partial charge in [-0.3, -0.25) is 4.79 Å². The number of fused-ring (bicyclic) bond motifs is 1. The van der Waals surface area contributed by atoms with Gasteiger partial charge in [0.1, 0.15) is 13.2 Å². The molecule has 1 unspecified atom stereocenters. The van der Waals surface area contributed by atoms with Crippen LogP contribution < -0.4 is 14.8 Å². The molecule has 2 aliphatic rings. The van der Waals surface area contributed by atoms with Gasteiger partial charge in [0.05, 0.1) is 5.60 Å². The van der Waals surface area contributed by atoms with Crippen molar-refractivity contribution in [2.24, 2.45) is 0 Å². The van der Waals surface area contributed by atoms with Crippen molar-refractivity contribution in [3.05, 3.63) is 23.8 Å². The second-order valence-corrected chi connectivity index (χ2v) is 9.42. The molecule has 2 N–H and O–H groups in total. The smallest absolute Gasteiger partial charge is 0.220 e. The Bertz CT molecular complexity index is 707. The van der Waals surface area contributed by atoms with Crippen molar-refractivity contribution >= 4 is 5.91 Å². The lowest BCUT2D eigenvalue weighted by atomic mass is 10.0. The molecule has 3 rings (SSSR count). The quantitative estimate of drug-likeness (QED) is 0.493. The van der Waals surface area contributed by atoms with Gasteiger partial charge in [-0.1, -0.05) is 38.7 Å². The van der Waals surface area contributed by atoms with Crippen molar-refractivity contribution < 1.29 is 19.4 Å². The van der Waals surface area contributed by atoms with E-state index in [-0.39, 0.29) is 11.9 Å². The molecule has 1 aromatic rings. The molecule has 6 heteroatoms. The van der Waals surface area contributed by atoms with Gasteiger partial charge in [0.2, 0.25) is 5.91 Å². The first-order chi connectivity index (χ1) is 14.9. The van der Waals surface area contributed by atoms with E-state index in [4.69, 9.17) is 9.47 Å². The summed E-state index contributed by atoms with van der Waals surface area (Å²) in [5, 5.41) is 13.5. The molecule has 31 heavy (non-hydrogen) atoms. The fourth-order valence-corrected chi connectivity index (χ4v) is 4.48. The average molecular weight is 433 g/mol. The van der Waals surface area contributed by atoms with Crippen LogP contribution in [0.4, 0.5) is 0 Å². The summed E-state index contributed by atoms with van der Waals surface area (Å²) < 4.78 is 11.4. The molecule has 0 aliphatic carbocycles. The predicted molar refractivity (Wildman–Crippen MR) is 123 cm³/mol. The molecule has 1 amide bonds. The van der Waals surface area contributed by atoms with E-state index in [1.54, 1.807) is 0 Å². The zero-order valence-corrected chi connectivity index (χ0v) is 19.3. The van der Waals surface area contributed by atoms with E-state index < -0.39 is 5.60 Å². The first-order valence-corrected chi connectivity index (χ1v) is 12.1. The van der Waals surface area contributed by atoms with Gasteiger partial charge >= 0.3 is 0 Å². The number of nitrogens with one attached hydrogen (secondary N) is 1. The van der Waals surface area contributed by atoms with Gasteiger partial charge in [-0.15, -0.1) is 0 Å². The summed E-state index contributed by atoms with van der Waals surface area (Å²) in [5.74, 6) is 1.73. The minimum absolute atomic E-state index is 0.0660. The Morgan fingerprint density at radius 2 is 1.97 bits per heavy atom. The molecule has 0 saturated carbocycles. The number of hydrogen-bond acceptors (Lipinski definition) is 5. The van der Waals surface area contributed by atoms with Crippen molar-refractivity contribution in [2.45, 2.75) is 83.3 Å². The van der Waals surface area contributed by atoms with Gasteiger partial charge in [-0.25, -0.2) is 0 Å². The minimum atomic E-state index is -0.590. The van der Waals surface area contributed by atoms with Crippen molar-refractivity contribution in [1.82, 2.24) is 10.2 Å². The summed E-state index contributed by atoms with van der Waals surface area (Å²) in [7, 11) is 0. The number of aliphatic hydroxyl groups is 1. The molecule has 2 heterocycles. The predicted octanol–water partition coefficient (Wildman–Crippen LogP) is 3.69. The van der Waals surface area contributed by atoms with Crippen LogP contribution in [0.2, 0.25) is 0 Å². The number of amides is 1. The van der Waals surface area contributed by atoms with E-state index in [1.807, 2.05) is 19.1 Å². The fraction of sp³-hybridized carbons (Fsp3) is 0.720. The third-order valence-electron chi connectivity index (χ3n) is 6.29. The van der Waals surface area contributed by atoms with Crippen LogP contribution in [-0.4, -0.2) is 60.4 Å². The Kier molecular flexibility index (Phi) is 9.02. The highest BCUT2D eigenvalue weighted by molar-refractivity contribution is 5.76. The van der Waals surface area contributed by atoms with Crippen LogP contribution in [0.15, 0.2) is 18.2 Å². The molecular formula is C25H40N2O4. The van der Waals surface area contributed by atoms with Crippen LogP contribution in [-0.2, 0) is 11.2 Å². The molecule has 2 aliphatic heterocycles. The highest BCUT2D eigenvalue weighted by Gasteiger charge is 2.31. The molecule has 2 atom stereocenters. The molecule has 0 aromatic heterocycles. The largest absolute Gasteiger partial charge is 0.486 e. The SMILES string of the molecule is CCCCCCCC(=O)NC(CCN1CC[C@@](C)(O)C1)Cc1ccc2c(c1)OCCO2. The second-order valence-electron chi connectivity index (χ2n) is 9.42. The molecule has 174 valence electrons. The zero-order valence-electron chi connectivity index (χ0n) is 19.3. The molecule has 0 spiro atoms. The van der Waals surface area contributed by atoms with Crippen LogP contribution in [0.25, 0.3) is 0 Å². The Balaban J connectivity index is 1.55. The lowest BCUT2D eigenvalue weighted by Gasteiger charge is -2.24. The van der Waals surface area contributed by atoms with Crippen molar-refractivity contribution in [3.63, 3.8) is 0 Å². The number of likely N-dealkylation sites (tertiary alicyclic amines) is 1. The Hall–Kier alpha value is -1.79. The van der Waals surface area contributed by atoms with E-state index in [9.17, 15) is 9.90 Å². The van der Waals surface area contributed by atoms with Crippen LogP contribution in [0, 0.1) is 0 Å². The summed E-state index contributed by atoms with van der Waals surface area (Å²) in [5.41, 5.74) is 0.554. The number of carbonyl (C=O) groups excluding carboxylic acids is 1. The van der Waals surface area contributed by atoms with Gasteiger partial charge in [0.15, 0.2) is 11.5 Å². The number of rotatable bonds is 12. The first-order valence-electron chi connectivity index (χ1n) is 12.1. The van der Waals surface area contributed by atoms with Crippen molar-refractivity contribution in [3.8, 4) is 11.5 Å². The molecule has 0 bridgehead atoms. The number of β-amino-alcohol motifs (C(OH)–C–C–N with tert-alkyl or cyclic N) is 1. The second kappa shape index (κ2) is 11.7. The standard InChI is InChI=1S/C25H40N2O4/c1-3-4-5-6-7-8-24(28)26-21(11-13-27-14-12-25(2,29)19-27)17-20-9-10-22-23(18-20)31-16-15-30-22/h9-10,18,21,29H,3-8,11-17,19H2,1-2H3,(H,26,28)/t21?,25-/m1/s1. The summed E-state index contributed by atoms with van der Waals surface area (Å²) in [6, 6.07) is 6.14. The Labute approximate surface area is 187 Å². The summed E-state index contributed by atoms with van der Waals surface area (Å²) in [4.78, 5) is 14.9. The molecule has 1 aromatic carbocycles. The topological polar surface area (TPSA) is 71.0 Å². The first kappa shape index (κ1) is 23.9. The van der Waals surface area contributed by atoms with Gasteiger partial charge in [0, 0.05) is 32.1 Å². The third-order valence-corrected chi connectivity index (χ3v) is 6.29. The lowest BCUT2D eigenvalue weighted by molar-refractivity contribution is -0.122. The maximum absolute atomic E-state index is 12.6. The van der Waals surface area contributed by atoms with E-state index in [2.05, 4.69) is 23.2 Å². The van der Waals surface area contributed by atoms with E-state index in [0.29, 0.717) is 26.2 Å². The maximum Gasteiger partial charge on any atom is 0.220 e. The highest BCUT2D eigenvalue weighted by Crippen LogP contribution is 2.31. The number of nitrogens with zero attached hydrogens (tertiary/aromatic N) is 1. The Morgan fingerprint density at radius 3 is 2.71 bits per heavy atom. The molecule has 1 saturated heterocycles. The fourth-order valence-electron chi connectivity index (χ4n) is 4.48. The van der Waals surface area contributed by atoms with E-state index >= 15 is 0 Å². The third kappa shape index (κ3) is 8.00. The minimum Gasteiger partial charge on any atom is -0.486 e. The monoisotopic (exact) mass is 432 g/mol. The van der Waals surface area contributed by atoms with Gasteiger partial charge in [0.25, 0.3) is 0 Å². The molecule has 6 nitrogen and oxygen atoms in total. The van der Waals surface area contributed by atoms with E-state index in [1.165, 1.54) is 19.3 Å². The van der Waals surface area contributed by atoms with Gasteiger partial charge < -0.3 is 24.8 Å². The van der Waals surface area contributed by atoms with Gasteiger partial charge in [-0.2, -0.15) is 0 Å². The number of unbranched alkanes of at least 4 members (excludes halogenated alkanes) is 4. The summed E-state index contributed by atoms with van der Waals surface area (Å²) in [6.45, 7) is 7.76. The summed E-state index contributed by atoms with van der Waals surface area (Å²) in [6.07, 6.45) is 8.78. The highest BCUT2D eigenvalue weighted by atomic mass is 16.6. The normalized spacial score (nSPS) is 21.8. The molecule has 0 radical (unpaired) electrons. The zero-order chi connectivity index (χ0) is 22.1. The maximum atomic E-state index is 12.6. The van der Waals surface area contributed by atoms with Crippen LogP contribution >= 0.6 is 0 Å². The number of carbonyl (C=O) groups is 1. The average Bonchev–Trinajstić information content (AvgIpc) is 3.10. The van der Waals surface area contributed by atoms with Gasteiger partial charge in [-0.05, 0) is 50.3 Å². The van der Waals surface area contributed by atoms with Crippen LogP contribution in [0.1, 0.15) is 70.8 Å². The van der Waals surface area contributed by atoms with Crippen molar-refractivity contribution in [1.29, 1.82) is 0 Å². The lowest BCUT2D eigenvalue weighted by Crippen LogP contribution is -2.39. The summed E-state index contributed by atoms with van der Waals surface area (Å²) >= 11 is 0. The van der Waals surface area contributed by atoms with Crippen molar-refractivity contribution in [2.75, 3.05) is 32.8 Å². The van der Waals surface area contributed by atoms with Crippen LogP contribution in [0.3, 0.4) is 0 Å². The number of hydrogen-bond donors (Lipinski definition) is 2. The number of benzene rings is 1.